The summed E-state index contributed by atoms with van der Waals surface area (Å²) in [6.45, 7) is 13.3. The fourth-order valence-electron chi connectivity index (χ4n) is 1.65. The van der Waals surface area contributed by atoms with Gasteiger partial charge in [-0.25, -0.2) is 0 Å². The van der Waals surface area contributed by atoms with Crippen molar-refractivity contribution in [2.75, 3.05) is 0 Å². The highest BCUT2D eigenvalue weighted by molar-refractivity contribution is 8.77. The molecule has 2 rings (SSSR count). The molecule has 0 N–H and O–H groups in total. The maximum Gasteiger partial charge on any atom is 0.0744 e. The SMILES string of the molecule is Cc1sc(SSc2sc(C)c(C)c2C)c(C)c1C. The van der Waals surface area contributed by atoms with Crippen molar-refractivity contribution < 1.29 is 0 Å². The van der Waals surface area contributed by atoms with Crippen LogP contribution in [0, 0.1) is 41.5 Å². The van der Waals surface area contributed by atoms with Gasteiger partial charge in [0, 0.05) is 9.75 Å². The molecule has 0 amide bonds. The second-order valence-corrected chi connectivity index (χ2v) is 9.67. The van der Waals surface area contributed by atoms with Crippen LogP contribution in [-0.2, 0) is 0 Å². The summed E-state index contributed by atoms with van der Waals surface area (Å²) in [6, 6.07) is 0. The van der Waals surface area contributed by atoms with Crippen LogP contribution in [0.5, 0.6) is 0 Å². The van der Waals surface area contributed by atoms with Crippen molar-refractivity contribution in [3.05, 3.63) is 32.0 Å². The Morgan fingerprint density at radius 1 is 0.556 bits per heavy atom. The Morgan fingerprint density at radius 3 is 1.11 bits per heavy atom. The average molecular weight is 315 g/mol. The van der Waals surface area contributed by atoms with E-state index in [1.165, 1.54) is 40.4 Å². The topological polar surface area (TPSA) is 0 Å². The van der Waals surface area contributed by atoms with Crippen molar-refractivity contribution in [3.8, 4) is 0 Å². The molecule has 0 saturated carbocycles. The molecule has 0 aliphatic carbocycles. The molecule has 4 heteroatoms. The fourth-order valence-corrected chi connectivity index (χ4v) is 7.59. The Morgan fingerprint density at radius 2 is 0.889 bits per heavy atom. The molecule has 0 spiro atoms. The van der Waals surface area contributed by atoms with E-state index in [-0.39, 0.29) is 0 Å². The van der Waals surface area contributed by atoms with E-state index < -0.39 is 0 Å². The quantitative estimate of drug-likeness (QED) is 0.596. The van der Waals surface area contributed by atoms with Gasteiger partial charge in [0.1, 0.15) is 0 Å². The normalized spacial score (nSPS) is 11.2. The molecule has 2 aromatic rings. The van der Waals surface area contributed by atoms with Gasteiger partial charge in [-0.05, 0) is 85.4 Å². The minimum absolute atomic E-state index is 1.45. The second kappa shape index (κ2) is 5.61. The van der Waals surface area contributed by atoms with Crippen molar-refractivity contribution in [2.45, 2.75) is 50.0 Å². The Bertz CT molecular complexity index is 523. The van der Waals surface area contributed by atoms with E-state index in [0.29, 0.717) is 0 Å². The molecule has 0 radical (unpaired) electrons. The van der Waals surface area contributed by atoms with Gasteiger partial charge in [-0.3, -0.25) is 0 Å². The largest absolute Gasteiger partial charge is 0.133 e. The monoisotopic (exact) mass is 314 g/mol. The zero-order valence-corrected chi connectivity index (χ0v) is 14.9. The molecule has 0 fully saturated rings. The van der Waals surface area contributed by atoms with E-state index in [2.05, 4.69) is 41.5 Å². The van der Waals surface area contributed by atoms with Crippen LogP contribution in [0.15, 0.2) is 8.42 Å². The van der Waals surface area contributed by atoms with Gasteiger partial charge in [-0.2, -0.15) is 0 Å². The van der Waals surface area contributed by atoms with E-state index in [1.807, 2.05) is 44.3 Å². The number of hydrogen-bond donors (Lipinski definition) is 0. The lowest BCUT2D eigenvalue weighted by atomic mass is 10.2. The first-order valence-electron chi connectivity index (χ1n) is 5.89. The molecule has 18 heavy (non-hydrogen) atoms. The van der Waals surface area contributed by atoms with E-state index in [4.69, 9.17) is 0 Å². The van der Waals surface area contributed by atoms with E-state index in [1.54, 1.807) is 0 Å². The zero-order chi connectivity index (χ0) is 13.4. The zero-order valence-electron chi connectivity index (χ0n) is 11.6. The third kappa shape index (κ3) is 2.67. The van der Waals surface area contributed by atoms with Gasteiger partial charge >= 0.3 is 0 Å². The minimum Gasteiger partial charge on any atom is -0.133 e. The molecule has 0 unspecified atom stereocenters. The van der Waals surface area contributed by atoms with Crippen molar-refractivity contribution >= 4 is 44.3 Å². The number of aryl methyl sites for hydroxylation is 2. The second-order valence-electron chi connectivity index (χ2n) is 4.56. The van der Waals surface area contributed by atoms with Gasteiger partial charge in [-0.15, -0.1) is 22.7 Å². The Kier molecular flexibility index (Phi) is 4.52. The molecular formula is C14H18S4. The fraction of sp³-hybridized carbons (Fsp3) is 0.429. The van der Waals surface area contributed by atoms with E-state index in [0.717, 1.165) is 0 Å². The highest BCUT2D eigenvalue weighted by Gasteiger charge is 2.13. The van der Waals surface area contributed by atoms with Crippen molar-refractivity contribution in [3.63, 3.8) is 0 Å². The number of thiophene rings is 2. The van der Waals surface area contributed by atoms with E-state index >= 15 is 0 Å². The summed E-state index contributed by atoms with van der Waals surface area (Å²) in [5.41, 5.74) is 5.83. The molecule has 0 saturated heterocycles. The standard InChI is InChI=1S/C14H18S4/c1-7-9(3)13(15-11(7)5)17-18-14-10(4)8(2)12(6)16-14/h1-6H3. The molecule has 0 aliphatic heterocycles. The Hall–Kier alpha value is 0.1000. The molecule has 0 aromatic carbocycles. The van der Waals surface area contributed by atoms with Gasteiger partial charge in [-0.1, -0.05) is 0 Å². The molecule has 0 bridgehead atoms. The highest BCUT2D eigenvalue weighted by Crippen LogP contribution is 2.48. The summed E-state index contributed by atoms with van der Waals surface area (Å²) >= 11 is 3.85. The van der Waals surface area contributed by atoms with Crippen LogP contribution in [0.2, 0.25) is 0 Å². The number of hydrogen-bond acceptors (Lipinski definition) is 4. The minimum atomic E-state index is 1.45. The smallest absolute Gasteiger partial charge is 0.0744 e. The van der Waals surface area contributed by atoms with Gasteiger partial charge in [0.25, 0.3) is 0 Å². The summed E-state index contributed by atoms with van der Waals surface area (Å²) < 4.78 is 2.91. The maximum atomic E-state index is 2.24. The average Bonchev–Trinajstić information content (AvgIpc) is 2.72. The van der Waals surface area contributed by atoms with Crippen LogP contribution < -0.4 is 0 Å². The van der Waals surface area contributed by atoms with Crippen LogP contribution in [0.1, 0.15) is 32.0 Å². The lowest BCUT2D eigenvalue weighted by molar-refractivity contribution is 1.30. The first kappa shape index (κ1) is 14.5. The van der Waals surface area contributed by atoms with Crippen LogP contribution in [-0.4, -0.2) is 0 Å². The van der Waals surface area contributed by atoms with Gasteiger partial charge in [0.2, 0.25) is 0 Å². The maximum absolute atomic E-state index is 2.24. The third-order valence-corrected chi connectivity index (χ3v) is 9.57. The number of rotatable bonds is 3. The summed E-state index contributed by atoms with van der Waals surface area (Å²) in [6.07, 6.45) is 0. The summed E-state index contributed by atoms with van der Waals surface area (Å²) in [7, 11) is 3.83. The van der Waals surface area contributed by atoms with Crippen molar-refractivity contribution in [1.82, 2.24) is 0 Å². The summed E-state index contributed by atoms with van der Waals surface area (Å²) in [5.74, 6) is 0. The molecule has 0 aliphatic rings. The first-order valence-corrected chi connectivity index (χ1v) is 9.67. The molecule has 0 atom stereocenters. The predicted octanol–water partition coefficient (Wildman–Crippen LogP) is 6.46. The first-order chi connectivity index (χ1) is 8.41. The highest BCUT2D eigenvalue weighted by atomic mass is 33.1. The molecule has 98 valence electrons. The van der Waals surface area contributed by atoms with E-state index in [9.17, 15) is 0 Å². The third-order valence-electron chi connectivity index (χ3n) is 3.48. The lowest BCUT2D eigenvalue weighted by Gasteiger charge is -1.99. The van der Waals surface area contributed by atoms with Crippen LogP contribution in [0.3, 0.4) is 0 Å². The summed E-state index contributed by atoms with van der Waals surface area (Å²) in [5, 5.41) is 0. The van der Waals surface area contributed by atoms with Gasteiger partial charge < -0.3 is 0 Å². The lowest BCUT2D eigenvalue weighted by Crippen LogP contribution is -1.75. The van der Waals surface area contributed by atoms with Crippen molar-refractivity contribution in [1.29, 1.82) is 0 Å². The molecule has 2 aromatic heterocycles. The molecule has 0 nitrogen and oxygen atoms in total. The Balaban J connectivity index is 2.16. The summed E-state index contributed by atoms with van der Waals surface area (Å²) in [4.78, 5) is 2.90. The van der Waals surface area contributed by atoms with Crippen LogP contribution >= 0.6 is 44.3 Å². The van der Waals surface area contributed by atoms with Gasteiger partial charge in [0.05, 0.1) is 8.42 Å². The molecular weight excluding hydrogens is 296 g/mol. The Labute approximate surface area is 126 Å². The van der Waals surface area contributed by atoms with Gasteiger partial charge in [0.15, 0.2) is 0 Å². The predicted molar refractivity (Wildman–Crippen MR) is 88.8 cm³/mol. The molecule has 2 heterocycles. The van der Waals surface area contributed by atoms with Crippen molar-refractivity contribution in [2.24, 2.45) is 0 Å². The van der Waals surface area contributed by atoms with Crippen LogP contribution in [0.25, 0.3) is 0 Å². The van der Waals surface area contributed by atoms with Crippen LogP contribution in [0.4, 0.5) is 0 Å².